The van der Waals surface area contributed by atoms with E-state index in [1.165, 1.54) is 6.07 Å². The second-order valence-corrected chi connectivity index (χ2v) is 8.99. The van der Waals surface area contributed by atoms with E-state index in [0.717, 1.165) is 43.4 Å². The lowest BCUT2D eigenvalue weighted by atomic mass is 9.85. The van der Waals surface area contributed by atoms with Crippen molar-refractivity contribution < 1.29 is 27.8 Å². The van der Waals surface area contributed by atoms with Crippen molar-refractivity contribution in [1.82, 2.24) is 19.9 Å². The molecule has 0 amide bonds. The SMILES string of the molecule is O=C(O)C[C@H]1CC[C@H](Oc2ccc(-c3ccc(-c4nc5cc(C(F)(F)F)ccc5[nH]4)cn3)cn2)CC1. The summed E-state index contributed by atoms with van der Waals surface area (Å²) in [5.74, 6) is 0.403. The first-order valence-electron chi connectivity index (χ1n) is 11.6. The van der Waals surface area contributed by atoms with Crippen molar-refractivity contribution in [2.24, 2.45) is 5.92 Å². The first-order valence-corrected chi connectivity index (χ1v) is 11.6. The van der Waals surface area contributed by atoms with Gasteiger partial charge in [-0.2, -0.15) is 13.2 Å². The van der Waals surface area contributed by atoms with Gasteiger partial charge in [0, 0.05) is 36.0 Å². The summed E-state index contributed by atoms with van der Waals surface area (Å²) in [4.78, 5) is 27.0. The van der Waals surface area contributed by atoms with E-state index in [2.05, 4.69) is 19.9 Å². The van der Waals surface area contributed by atoms with Crippen molar-refractivity contribution in [2.45, 2.75) is 44.4 Å². The fourth-order valence-corrected chi connectivity index (χ4v) is 4.50. The Labute approximate surface area is 204 Å². The molecule has 1 fully saturated rings. The number of carboxylic acids is 1. The van der Waals surface area contributed by atoms with Crippen molar-refractivity contribution in [2.75, 3.05) is 0 Å². The molecule has 1 aliphatic carbocycles. The lowest BCUT2D eigenvalue weighted by Gasteiger charge is -2.27. The van der Waals surface area contributed by atoms with Gasteiger partial charge >= 0.3 is 12.1 Å². The molecule has 0 atom stereocenters. The van der Waals surface area contributed by atoms with E-state index < -0.39 is 17.7 Å². The number of aliphatic carboxylic acids is 1. The fraction of sp³-hybridized carbons (Fsp3) is 0.308. The molecule has 186 valence electrons. The second kappa shape index (κ2) is 9.60. The molecule has 36 heavy (non-hydrogen) atoms. The number of carboxylic acid groups (broad SMARTS) is 1. The van der Waals surface area contributed by atoms with Gasteiger partial charge in [0.1, 0.15) is 11.9 Å². The smallest absolute Gasteiger partial charge is 0.416 e. The van der Waals surface area contributed by atoms with Gasteiger partial charge in [0.25, 0.3) is 0 Å². The van der Waals surface area contributed by atoms with E-state index in [0.29, 0.717) is 28.5 Å². The van der Waals surface area contributed by atoms with Crippen LogP contribution >= 0.6 is 0 Å². The van der Waals surface area contributed by atoms with Crippen molar-refractivity contribution in [3.8, 4) is 28.5 Å². The summed E-state index contributed by atoms with van der Waals surface area (Å²) in [5.41, 5.74) is 2.12. The van der Waals surface area contributed by atoms with Crippen LogP contribution in [-0.4, -0.2) is 37.1 Å². The first kappa shape index (κ1) is 23.8. The number of nitrogens with one attached hydrogen (secondary N) is 1. The molecule has 7 nitrogen and oxygen atoms in total. The van der Waals surface area contributed by atoms with E-state index in [1.54, 1.807) is 30.6 Å². The Bertz CT molecular complexity index is 1360. The summed E-state index contributed by atoms with van der Waals surface area (Å²) >= 11 is 0. The van der Waals surface area contributed by atoms with E-state index in [9.17, 15) is 18.0 Å². The Morgan fingerprint density at radius 2 is 1.75 bits per heavy atom. The largest absolute Gasteiger partial charge is 0.481 e. The van der Waals surface area contributed by atoms with Gasteiger partial charge in [-0.15, -0.1) is 0 Å². The van der Waals surface area contributed by atoms with Gasteiger partial charge in [-0.25, -0.2) is 9.97 Å². The van der Waals surface area contributed by atoms with Crippen LogP contribution in [-0.2, 0) is 11.0 Å². The highest BCUT2D eigenvalue weighted by molar-refractivity contribution is 5.80. The number of nitrogens with zero attached hydrogens (tertiary/aromatic N) is 3. The maximum absolute atomic E-state index is 13.0. The molecule has 10 heteroatoms. The minimum atomic E-state index is -4.42. The van der Waals surface area contributed by atoms with Gasteiger partial charge < -0.3 is 14.8 Å². The molecule has 1 saturated carbocycles. The van der Waals surface area contributed by atoms with E-state index in [-0.39, 0.29) is 24.0 Å². The normalized spacial score (nSPS) is 18.3. The summed E-state index contributed by atoms with van der Waals surface area (Å²) in [6.45, 7) is 0. The van der Waals surface area contributed by atoms with Crippen LogP contribution < -0.4 is 4.74 Å². The molecular formula is C26H23F3N4O3. The fourth-order valence-electron chi connectivity index (χ4n) is 4.50. The highest BCUT2D eigenvalue weighted by Crippen LogP contribution is 2.32. The predicted molar refractivity (Wildman–Crippen MR) is 126 cm³/mol. The number of aromatic amines is 1. The third-order valence-corrected chi connectivity index (χ3v) is 6.42. The average Bonchev–Trinajstić information content (AvgIpc) is 3.29. The molecule has 0 bridgehead atoms. The van der Waals surface area contributed by atoms with Crippen LogP contribution in [0.25, 0.3) is 33.7 Å². The van der Waals surface area contributed by atoms with E-state index in [1.807, 2.05) is 6.07 Å². The molecule has 1 aromatic carbocycles. The van der Waals surface area contributed by atoms with E-state index >= 15 is 0 Å². The number of hydrogen-bond donors (Lipinski definition) is 2. The predicted octanol–water partition coefficient (Wildman–Crippen LogP) is 6.12. The van der Waals surface area contributed by atoms with Gasteiger partial charge in [0.2, 0.25) is 5.88 Å². The number of benzene rings is 1. The number of carbonyl (C=O) groups is 1. The van der Waals surface area contributed by atoms with Crippen LogP contribution in [0.3, 0.4) is 0 Å². The van der Waals surface area contributed by atoms with Crippen LogP contribution in [0.15, 0.2) is 54.9 Å². The molecule has 5 rings (SSSR count). The first-order chi connectivity index (χ1) is 17.2. The number of ether oxygens (including phenoxy) is 1. The zero-order valence-corrected chi connectivity index (χ0v) is 19.1. The zero-order valence-electron chi connectivity index (χ0n) is 19.1. The molecule has 0 radical (unpaired) electrons. The monoisotopic (exact) mass is 496 g/mol. The molecular weight excluding hydrogens is 473 g/mol. The van der Waals surface area contributed by atoms with Crippen LogP contribution in [0.1, 0.15) is 37.7 Å². The minimum absolute atomic E-state index is 0.0295. The molecule has 3 aromatic heterocycles. The Morgan fingerprint density at radius 1 is 1.00 bits per heavy atom. The summed E-state index contributed by atoms with van der Waals surface area (Å²) < 4.78 is 44.9. The standard InChI is InChI=1S/C26H23F3N4O3/c27-26(28,29)18-5-9-21-22(12-18)33-25(32-21)17-3-8-20(30-14-17)16-4-10-23(31-13-16)36-19-6-1-15(2-7-19)11-24(34)35/h3-5,8-10,12-15,19H,1-2,6-7,11H2,(H,32,33)(H,34,35)/t15-,19-. The summed E-state index contributed by atoms with van der Waals surface area (Å²) in [5, 5.41) is 8.94. The van der Waals surface area contributed by atoms with Crippen molar-refractivity contribution in [3.63, 3.8) is 0 Å². The number of imidazole rings is 1. The van der Waals surface area contributed by atoms with Gasteiger partial charge in [0.15, 0.2) is 0 Å². The second-order valence-electron chi connectivity index (χ2n) is 8.99. The number of rotatable bonds is 6. The molecule has 3 heterocycles. The number of H-pyrrole nitrogens is 1. The molecule has 2 N–H and O–H groups in total. The molecule has 0 aliphatic heterocycles. The molecule has 0 spiro atoms. The van der Waals surface area contributed by atoms with Crippen molar-refractivity contribution in [1.29, 1.82) is 0 Å². The summed E-state index contributed by atoms with van der Waals surface area (Å²) in [6, 6.07) is 10.7. The van der Waals surface area contributed by atoms with Crippen LogP contribution in [0, 0.1) is 5.92 Å². The third-order valence-electron chi connectivity index (χ3n) is 6.42. The molecule has 0 unspecified atom stereocenters. The Balaban J connectivity index is 1.23. The van der Waals surface area contributed by atoms with Gasteiger partial charge in [-0.1, -0.05) is 0 Å². The summed E-state index contributed by atoms with van der Waals surface area (Å²) in [6.07, 6.45) is 2.38. The maximum atomic E-state index is 13.0. The quantitative estimate of drug-likeness (QED) is 0.334. The van der Waals surface area contributed by atoms with Gasteiger partial charge in [-0.05, 0) is 68.0 Å². The minimum Gasteiger partial charge on any atom is -0.481 e. The van der Waals surface area contributed by atoms with Gasteiger partial charge in [-0.3, -0.25) is 9.78 Å². The highest BCUT2D eigenvalue weighted by atomic mass is 19.4. The number of pyridine rings is 2. The highest BCUT2D eigenvalue weighted by Gasteiger charge is 2.31. The average molecular weight is 496 g/mol. The van der Waals surface area contributed by atoms with Crippen molar-refractivity contribution >= 4 is 17.0 Å². The van der Waals surface area contributed by atoms with Gasteiger partial charge in [0.05, 0.1) is 22.3 Å². The number of alkyl halides is 3. The Kier molecular flexibility index (Phi) is 6.34. The lowest BCUT2D eigenvalue weighted by molar-refractivity contribution is -0.139. The topological polar surface area (TPSA) is 101 Å². The van der Waals surface area contributed by atoms with Crippen LogP contribution in [0.4, 0.5) is 13.2 Å². The lowest BCUT2D eigenvalue weighted by Crippen LogP contribution is -2.25. The van der Waals surface area contributed by atoms with E-state index in [4.69, 9.17) is 9.84 Å². The number of fused-ring (bicyclic) bond motifs is 1. The summed E-state index contributed by atoms with van der Waals surface area (Å²) in [7, 11) is 0. The number of hydrogen-bond acceptors (Lipinski definition) is 5. The molecule has 4 aromatic rings. The van der Waals surface area contributed by atoms with Crippen molar-refractivity contribution in [3.05, 3.63) is 60.4 Å². The Hall–Kier alpha value is -3.95. The Morgan fingerprint density at radius 3 is 2.39 bits per heavy atom. The number of aromatic nitrogens is 4. The number of halogens is 3. The van der Waals surface area contributed by atoms with Crippen LogP contribution in [0.2, 0.25) is 0 Å². The van der Waals surface area contributed by atoms with Crippen LogP contribution in [0.5, 0.6) is 5.88 Å². The third kappa shape index (κ3) is 5.32. The molecule has 0 saturated heterocycles. The maximum Gasteiger partial charge on any atom is 0.416 e. The zero-order chi connectivity index (χ0) is 25.3. The molecule has 1 aliphatic rings.